The first-order chi connectivity index (χ1) is 17.0. The fourth-order valence-electron chi connectivity index (χ4n) is 4.32. The van der Waals surface area contributed by atoms with E-state index < -0.39 is 28.6 Å². The second-order valence-electron chi connectivity index (χ2n) is 9.74. The highest BCUT2D eigenvalue weighted by Gasteiger charge is 2.45. The standard InChI is InChI=1S/C25H32N2O8S/c1-17(2)13-26(36(30,31)21-9-10-22-23(12-21)34-16-33-22)15-32-24(29)27-19(14-35-25(27,3)4)11-18-5-7-20(28)8-6-18/h5-10,12,17,19,28H,11,13-16H2,1-4H3. The number of hydrogen-bond donors (Lipinski definition) is 1. The third-order valence-electron chi connectivity index (χ3n) is 6.06. The van der Waals surface area contributed by atoms with Crippen LogP contribution < -0.4 is 9.47 Å². The van der Waals surface area contributed by atoms with Gasteiger partial charge in [-0.3, -0.25) is 4.90 Å². The maximum atomic E-state index is 13.4. The van der Waals surface area contributed by atoms with Gasteiger partial charge in [0, 0.05) is 12.6 Å². The summed E-state index contributed by atoms with van der Waals surface area (Å²) in [6.45, 7) is 7.33. The third-order valence-corrected chi connectivity index (χ3v) is 7.85. The zero-order valence-electron chi connectivity index (χ0n) is 20.8. The monoisotopic (exact) mass is 520 g/mol. The molecule has 11 heteroatoms. The van der Waals surface area contributed by atoms with E-state index in [9.17, 15) is 18.3 Å². The molecule has 1 amide bonds. The van der Waals surface area contributed by atoms with Crippen molar-refractivity contribution in [2.75, 3.05) is 26.7 Å². The molecule has 0 aromatic heterocycles. The lowest BCUT2D eigenvalue weighted by atomic mass is 10.0. The molecule has 1 atom stereocenters. The van der Waals surface area contributed by atoms with Crippen LogP contribution in [0.2, 0.25) is 0 Å². The number of carbonyl (C=O) groups is 1. The number of amides is 1. The number of ether oxygens (including phenoxy) is 4. The van der Waals surface area contributed by atoms with E-state index in [4.69, 9.17) is 18.9 Å². The van der Waals surface area contributed by atoms with E-state index in [-0.39, 0.29) is 35.9 Å². The highest BCUT2D eigenvalue weighted by Crippen LogP contribution is 2.35. The molecule has 0 saturated carbocycles. The molecule has 1 unspecified atom stereocenters. The van der Waals surface area contributed by atoms with Crippen molar-refractivity contribution < 1.29 is 37.3 Å². The molecule has 0 aliphatic carbocycles. The summed E-state index contributed by atoms with van der Waals surface area (Å²) in [6, 6.07) is 10.8. The van der Waals surface area contributed by atoms with E-state index in [1.807, 2.05) is 13.8 Å². The molecule has 10 nitrogen and oxygen atoms in total. The van der Waals surface area contributed by atoms with Crippen molar-refractivity contribution in [2.24, 2.45) is 5.92 Å². The van der Waals surface area contributed by atoms with Crippen LogP contribution >= 0.6 is 0 Å². The van der Waals surface area contributed by atoms with Crippen LogP contribution in [0.3, 0.4) is 0 Å². The van der Waals surface area contributed by atoms with Gasteiger partial charge in [0.05, 0.1) is 17.5 Å². The minimum Gasteiger partial charge on any atom is -0.508 e. The Morgan fingerprint density at radius 3 is 2.56 bits per heavy atom. The molecule has 1 N–H and O–H groups in total. The van der Waals surface area contributed by atoms with Gasteiger partial charge in [-0.05, 0) is 56.0 Å². The van der Waals surface area contributed by atoms with Crippen molar-refractivity contribution in [1.29, 1.82) is 0 Å². The van der Waals surface area contributed by atoms with Crippen LogP contribution in [0.4, 0.5) is 4.79 Å². The van der Waals surface area contributed by atoms with Crippen molar-refractivity contribution in [3.63, 3.8) is 0 Å². The Morgan fingerprint density at radius 1 is 1.17 bits per heavy atom. The average Bonchev–Trinajstić information content (AvgIpc) is 3.40. The number of phenolic OH excluding ortho intramolecular Hbond substituents is 1. The third kappa shape index (κ3) is 5.53. The quantitative estimate of drug-likeness (QED) is 0.526. The van der Waals surface area contributed by atoms with Crippen molar-refractivity contribution >= 4 is 16.1 Å². The number of phenols is 1. The predicted octanol–water partition coefficient (Wildman–Crippen LogP) is 3.54. The van der Waals surface area contributed by atoms with E-state index in [0.29, 0.717) is 24.5 Å². The fraction of sp³-hybridized carbons (Fsp3) is 0.480. The maximum absolute atomic E-state index is 13.4. The summed E-state index contributed by atoms with van der Waals surface area (Å²) in [5, 5.41) is 9.54. The van der Waals surface area contributed by atoms with Gasteiger partial charge in [0.1, 0.15) is 11.5 Å². The summed E-state index contributed by atoms with van der Waals surface area (Å²) in [5.41, 5.74) is -0.0127. The molecule has 2 aromatic carbocycles. The van der Waals surface area contributed by atoms with Crippen molar-refractivity contribution in [3.8, 4) is 17.2 Å². The number of hydrogen-bond acceptors (Lipinski definition) is 8. The normalized spacial score (nSPS) is 18.7. The summed E-state index contributed by atoms with van der Waals surface area (Å²) in [5.74, 6) is 0.977. The first kappa shape index (κ1) is 26.1. The summed E-state index contributed by atoms with van der Waals surface area (Å²) < 4.78 is 50.1. The second-order valence-corrected chi connectivity index (χ2v) is 11.7. The highest BCUT2D eigenvalue weighted by atomic mass is 32.2. The smallest absolute Gasteiger partial charge is 0.413 e. The first-order valence-corrected chi connectivity index (χ1v) is 13.2. The maximum Gasteiger partial charge on any atom is 0.413 e. The SMILES string of the molecule is CC(C)CN(COC(=O)N1C(Cc2ccc(O)cc2)COC1(C)C)S(=O)(=O)c1ccc2c(c1)OCO2. The Bertz CT molecular complexity index is 1200. The zero-order chi connectivity index (χ0) is 26.1. The van der Waals surface area contributed by atoms with Crippen LogP contribution in [-0.2, 0) is 25.9 Å². The second kappa shape index (κ2) is 10.2. The lowest BCUT2D eigenvalue weighted by molar-refractivity contribution is -0.0517. The summed E-state index contributed by atoms with van der Waals surface area (Å²) in [4.78, 5) is 14.8. The van der Waals surface area contributed by atoms with Gasteiger partial charge in [0.15, 0.2) is 18.2 Å². The minimum absolute atomic E-state index is 0.0127. The zero-order valence-corrected chi connectivity index (χ0v) is 21.7. The van der Waals surface area contributed by atoms with Crippen molar-refractivity contribution in [3.05, 3.63) is 48.0 Å². The molecule has 1 fully saturated rings. The van der Waals surface area contributed by atoms with Gasteiger partial charge in [0.25, 0.3) is 0 Å². The van der Waals surface area contributed by atoms with Gasteiger partial charge in [-0.25, -0.2) is 13.2 Å². The molecule has 0 radical (unpaired) electrons. The van der Waals surface area contributed by atoms with Crippen LogP contribution in [0, 0.1) is 5.92 Å². The Hall–Kier alpha value is -3.02. The van der Waals surface area contributed by atoms with Gasteiger partial charge in [-0.1, -0.05) is 26.0 Å². The Balaban J connectivity index is 1.50. The fourth-order valence-corrected chi connectivity index (χ4v) is 5.80. The van der Waals surface area contributed by atoms with E-state index in [1.165, 1.54) is 17.0 Å². The first-order valence-electron chi connectivity index (χ1n) is 11.7. The van der Waals surface area contributed by atoms with Gasteiger partial charge < -0.3 is 24.1 Å². The van der Waals surface area contributed by atoms with Crippen molar-refractivity contribution in [1.82, 2.24) is 9.21 Å². The van der Waals surface area contributed by atoms with Crippen LogP contribution in [0.25, 0.3) is 0 Å². The molecule has 4 rings (SSSR count). The lowest BCUT2D eigenvalue weighted by Crippen LogP contribution is -2.50. The molecule has 0 spiro atoms. The number of sulfonamides is 1. The molecule has 2 aromatic rings. The van der Waals surface area contributed by atoms with Crippen LogP contribution in [-0.4, -0.2) is 67.3 Å². The van der Waals surface area contributed by atoms with Gasteiger partial charge in [-0.15, -0.1) is 0 Å². The number of nitrogens with zero attached hydrogens (tertiary/aromatic N) is 2. The van der Waals surface area contributed by atoms with Crippen LogP contribution in [0.1, 0.15) is 33.3 Å². The van der Waals surface area contributed by atoms with Gasteiger partial charge in [0.2, 0.25) is 16.8 Å². The van der Waals surface area contributed by atoms with Crippen LogP contribution in [0.15, 0.2) is 47.4 Å². The highest BCUT2D eigenvalue weighted by molar-refractivity contribution is 7.89. The molecule has 2 aliphatic heterocycles. The topological polar surface area (TPSA) is 115 Å². The number of fused-ring (bicyclic) bond motifs is 1. The largest absolute Gasteiger partial charge is 0.508 e. The Morgan fingerprint density at radius 2 is 1.86 bits per heavy atom. The van der Waals surface area contributed by atoms with Gasteiger partial charge >= 0.3 is 6.09 Å². The van der Waals surface area contributed by atoms with Crippen LogP contribution in [0.5, 0.6) is 17.2 Å². The number of aromatic hydroxyl groups is 1. The Labute approximate surface area is 211 Å². The molecule has 196 valence electrons. The van der Waals surface area contributed by atoms with E-state index >= 15 is 0 Å². The number of rotatable bonds is 8. The predicted molar refractivity (Wildman–Crippen MR) is 130 cm³/mol. The van der Waals surface area contributed by atoms with Gasteiger partial charge in [-0.2, -0.15) is 4.31 Å². The lowest BCUT2D eigenvalue weighted by Gasteiger charge is -2.33. The average molecular weight is 521 g/mol. The molecule has 36 heavy (non-hydrogen) atoms. The molecule has 2 heterocycles. The van der Waals surface area contributed by atoms with E-state index in [0.717, 1.165) is 9.87 Å². The summed E-state index contributed by atoms with van der Waals surface area (Å²) >= 11 is 0. The van der Waals surface area contributed by atoms with E-state index in [1.54, 1.807) is 44.2 Å². The molecular weight excluding hydrogens is 488 g/mol. The minimum atomic E-state index is -3.98. The van der Waals surface area contributed by atoms with Crippen molar-refractivity contribution in [2.45, 2.75) is 50.8 Å². The van der Waals surface area contributed by atoms with E-state index in [2.05, 4.69) is 0 Å². The number of carbonyl (C=O) groups excluding carboxylic acids is 1. The summed E-state index contributed by atoms with van der Waals surface area (Å²) in [7, 11) is -3.98. The molecule has 1 saturated heterocycles. The summed E-state index contributed by atoms with van der Waals surface area (Å²) in [6.07, 6.45) is -0.180. The molecule has 2 aliphatic rings. The molecule has 0 bridgehead atoms. The number of benzene rings is 2. The molecular formula is C25H32N2O8S. The Kier molecular flexibility index (Phi) is 7.35.